The van der Waals surface area contributed by atoms with Crippen LogP contribution in [0.25, 0.3) is 0 Å². The maximum absolute atomic E-state index is 12.4. The molecule has 0 spiro atoms. The first-order valence-electron chi connectivity index (χ1n) is 7.73. The van der Waals surface area contributed by atoms with Gasteiger partial charge in [0.25, 0.3) is 0 Å². The minimum absolute atomic E-state index is 0.0945. The quantitative estimate of drug-likeness (QED) is 0.938. The van der Waals surface area contributed by atoms with Crippen LogP contribution in [0.1, 0.15) is 17.0 Å². The Hall–Kier alpha value is -2.41. The maximum atomic E-state index is 12.4. The van der Waals surface area contributed by atoms with E-state index < -0.39 is 0 Å². The molecule has 3 heterocycles. The summed E-state index contributed by atoms with van der Waals surface area (Å²) in [6, 6.07) is 3.95. The molecule has 0 radical (unpaired) electrons. The van der Waals surface area contributed by atoms with Gasteiger partial charge in [0.15, 0.2) is 5.76 Å². The van der Waals surface area contributed by atoms with Gasteiger partial charge in [0.2, 0.25) is 0 Å². The second kappa shape index (κ2) is 6.78. The molecule has 0 unspecified atom stereocenters. The molecule has 1 N–H and O–H groups in total. The van der Waals surface area contributed by atoms with Gasteiger partial charge in [0, 0.05) is 45.1 Å². The van der Waals surface area contributed by atoms with Gasteiger partial charge in [-0.1, -0.05) is 5.16 Å². The van der Waals surface area contributed by atoms with Crippen molar-refractivity contribution in [3.63, 3.8) is 0 Å². The van der Waals surface area contributed by atoms with E-state index in [0.29, 0.717) is 30.2 Å². The highest BCUT2D eigenvalue weighted by Crippen LogP contribution is 2.19. The van der Waals surface area contributed by atoms with Crippen molar-refractivity contribution in [1.82, 2.24) is 19.9 Å². The van der Waals surface area contributed by atoms with Crippen LogP contribution in [0.4, 0.5) is 10.5 Å². The Morgan fingerprint density at radius 2 is 1.91 bits per heavy atom. The smallest absolute Gasteiger partial charge is 0.322 e. The predicted octanol–water partition coefficient (Wildman–Crippen LogP) is 2.04. The fourth-order valence-electron chi connectivity index (χ4n) is 2.70. The SMILES string of the molecule is Cc1noc(C)c1NC(=O)N1CCN(Cc2ccncc2)CC1. The standard InChI is InChI=1S/C16H21N5O2/c1-12-15(13(2)23-19-12)18-16(22)21-9-7-20(8-10-21)11-14-3-5-17-6-4-14/h3-6H,7-11H2,1-2H3,(H,18,22). The second-order valence-electron chi connectivity index (χ2n) is 5.75. The van der Waals surface area contributed by atoms with E-state index in [4.69, 9.17) is 4.52 Å². The van der Waals surface area contributed by atoms with Crippen LogP contribution >= 0.6 is 0 Å². The van der Waals surface area contributed by atoms with Crippen molar-refractivity contribution in [2.45, 2.75) is 20.4 Å². The average molecular weight is 315 g/mol. The number of urea groups is 1. The lowest BCUT2D eigenvalue weighted by atomic mass is 10.2. The molecule has 7 nitrogen and oxygen atoms in total. The van der Waals surface area contributed by atoms with Crippen LogP contribution < -0.4 is 5.32 Å². The Bertz CT molecular complexity index is 643. The Kier molecular flexibility index (Phi) is 4.57. The van der Waals surface area contributed by atoms with Gasteiger partial charge >= 0.3 is 6.03 Å². The molecule has 7 heteroatoms. The third kappa shape index (κ3) is 3.68. The number of hydrogen-bond acceptors (Lipinski definition) is 5. The maximum Gasteiger partial charge on any atom is 0.322 e. The third-order valence-electron chi connectivity index (χ3n) is 4.08. The minimum atomic E-state index is -0.0945. The van der Waals surface area contributed by atoms with Crippen molar-refractivity contribution < 1.29 is 9.32 Å². The molecule has 2 aromatic rings. The highest BCUT2D eigenvalue weighted by Gasteiger charge is 2.22. The van der Waals surface area contributed by atoms with E-state index >= 15 is 0 Å². The highest BCUT2D eigenvalue weighted by atomic mass is 16.5. The number of nitrogens with one attached hydrogen (secondary N) is 1. The zero-order valence-electron chi connectivity index (χ0n) is 13.5. The van der Waals surface area contributed by atoms with Crippen molar-refractivity contribution >= 4 is 11.7 Å². The summed E-state index contributed by atoms with van der Waals surface area (Å²) in [6.45, 7) is 7.64. The number of aromatic nitrogens is 2. The van der Waals surface area contributed by atoms with E-state index in [0.717, 1.165) is 19.6 Å². The first-order valence-corrected chi connectivity index (χ1v) is 7.73. The monoisotopic (exact) mass is 315 g/mol. The van der Waals surface area contributed by atoms with Gasteiger partial charge in [0.05, 0.1) is 0 Å². The van der Waals surface area contributed by atoms with Gasteiger partial charge in [-0.15, -0.1) is 0 Å². The van der Waals surface area contributed by atoms with E-state index in [1.807, 2.05) is 36.4 Å². The number of piperazine rings is 1. The first kappa shape index (κ1) is 15.5. The van der Waals surface area contributed by atoms with Gasteiger partial charge in [-0.25, -0.2) is 4.79 Å². The number of carbonyl (C=O) groups is 1. The summed E-state index contributed by atoms with van der Waals surface area (Å²) in [6.07, 6.45) is 3.62. The molecular formula is C16H21N5O2. The number of pyridine rings is 1. The highest BCUT2D eigenvalue weighted by molar-refractivity contribution is 5.90. The zero-order valence-corrected chi connectivity index (χ0v) is 13.5. The summed E-state index contributed by atoms with van der Waals surface area (Å²) in [5, 5.41) is 6.75. The first-order chi connectivity index (χ1) is 11.1. The molecule has 1 aliphatic heterocycles. The number of rotatable bonds is 3. The van der Waals surface area contributed by atoms with Gasteiger partial charge in [-0.2, -0.15) is 0 Å². The van der Waals surface area contributed by atoms with E-state index in [2.05, 4.69) is 20.4 Å². The number of hydrogen-bond donors (Lipinski definition) is 1. The number of aryl methyl sites for hydroxylation is 2. The minimum Gasteiger partial charge on any atom is -0.359 e. The number of anilines is 1. The Labute approximate surface area is 135 Å². The Balaban J connectivity index is 1.51. The van der Waals surface area contributed by atoms with Crippen LogP contribution in [-0.4, -0.2) is 52.2 Å². The molecule has 0 saturated carbocycles. The molecule has 1 fully saturated rings. The number of nitrogens with zero attached hydrogens (tertiary/aromatic N) is 4. The fraction of sp³-hybridized carbons (Fsp3) is 0.438. The van der Waals surface area contributed by atoms with Gasteiger partial charge in [0.1, 0.15) is 11.4 Å². The lowest BCUT2D eigenvalue weighted by Gasteiger charge is -2.34. The lowest BCUT2D eigenvalue weighted by Crippen LogP contribution is -2.49. The van der Waals surface area contributed by atoms with Gasteiger partial charge < -0.3 is 14.7 Å². The molecule has 0 bridgehead atoms. The van der Waals surface area contributed by atoms with E-state index in [1.165, 1.54) is 5.56 Å². The molecule has 3 rings (SSSR count). The van der Waals surface area contributed by atoms with E-state index in [9.17, 15) is 4.79 Å². The largest absolute Gasteiger partial charge is 0.359 e. The van der Waals surface area contributed by atoms with Crippen LogP contribution in [0.3, 0.4) is 0 Å². The molecular weight excluding hydrogens is 294 g/mol. The topological polar surface area (TPSA) is 74.5 Å². The van der Waals surface area contributed by atoms with Crippen molar-refractivity contribution in [2.75, 3.05) is 31.5 Å². The summed E-state index contributed by atoms with van der Waals surface area (Å²) in [5.41, 5.74) is 2.62. The lowest BCUT2D eigenvalue weighted by molar-refractivity contribution is 0.143. The van der Waals surface area contributed by atoms with Crippen molar-refractivity contribution in [3.05, 3.63) is 41.5 Å². The second-order valence-corrected chi connectivity index (χ2v) is 5.75. The molecule has 23 heavy (non-hydrogen) atoms. The summed E-state index contributed by atoms with van der Waals surface area (Å²) in [4.78, 5) is 20.6. The summed E-state index contributed by atoms with van der Waals surface area (Å²) < 4.78 is 5.07. The number of amides is 2. The van der Waals surface area contributed by atoms with Crippen LogP contribution in [-0.2, 0) is 6.54 Å². The Morgan fingerprint density at radius 1 is 1.22 bits per heavy atom. The third-order valence-corrected chi connectivity index (χ3v) is 4.08. The molecule has 0 aliphatic carbocycles. The molecule has 1 saturated heterocycles. The van der Waals surface area contributed by atoms with Crippen LogP contribution in [0.5, 0.6) is 0 Å². The van der Waals surface area contributed by atoms with Crippen molar-refractivity contribution in [1.29, 1.82) is 0 Å². The molecule has 1 aliphatic rings. The molecule has 2 aromatic heterocycles. The molecule has 0 aromatic carbocycles. The van der Waals surface area contributed by atoms with Crippen molar-refractivity contribution in [2.24, 2.45) is 0 Å². The summed E-state index contributed by atoms with van der Waals surface area (Å²) in [7, 11) is 0. The van der Waals surface area contributed by atoms with Crippen molar-refractivity contribution in [3.8, 4) is 0 Å². The van der Waals surface area contributed by atoms with Gasteiger partial charge in [-0.05, 0) is 31.5 Å². The van der Waals surface area contributed by atoms with Crippen LogP contribution in [0, 0.1) is 13.8 Å². The van der Waals surface area contributed by atoms with E-state index in [-0.39, 0.29) is 6.03 Å². The van der Waals surface area contributed by atoms with Gasteiger partial charge in [-0.3, -0.25) is 9.88 Å². The van der Waals surface area contributed by atoms with Crippen LogP contribution in [0.2, 0.25) is 0 Å². The molecule has 122 valence electrons. The number of carbonyl (C=O) groups excluding carboxylic acids is 1. The zero-order chi connectivity index (χ0) is 16.2. The molecule has 0 atom stereocenters. The normalized spacial score (nSPS) is 15.7. The Morgan fingerprint density at radius 3 is 2.52 bits per heavy atom. The van der Waals surface area contributed by atoms with E-state index in [1.54, 1.807) is 6.92 Å². The average Bonchev–Trinajstić information content (AvgIpc) is 2.88. The van der Waals surface area contributed by atoms with Crippen LogP contribution in [0.15, 0.2) is 29.0 Å². The summed E-state index contributed by atoms with van der Waals surface area (Å²) >= 11 is 0. The molecule has 2 amide bonds. The summed E-state index contributed by atoms with van der Waals surface area (Å²) in [5.74, 6) is 0.632. The predicted molar refractivity (Wildman–Crippen MR) is 86.1 cm³/mol. The fourth-order valence-corrected chi connectivity index (χ4v) is 2.70.